The number of benzene rings is 1. The highest BCUT2D eigenvalue weighted by atomic mass is 16.5. The molecule has 0 spiro atoms. The second-order valence-corrected chi connectivity index (χ2v) is 3.14. The summed E-state index contributed by atoms with van der Waals surface area (Å²) in [5.74, 6) is -0.507. The summed E-state index contributed by atoms with van der Waals surface area (Å²) < 4.78 is 10.2. The lowest BCUT2D eigenvalue weighted by atomic mass is 10.2. The van der Waals surface area contributed by atoms with Crippen LogP contribution < -0.4 is 9.47 Å². The number of aromatic carboxylic acids is 1. The molecule has 0 radical (unpaired) electrons. The zero-order valence-electron chi connectivity index (χ0n) is 9.13. The molecule has 6 heteroatoms. The van der Waals surface area contributed by atoms with Crippen molar-refractivity contribution in [2.24, 2.45) is 0 Å². The van der Waals surface area contributed by atoms with E-state index in [9.17, 15) is 4.79 Å². The van der Waals surface area contributed by atoms with Gasteiger partial charge in [0.1, 0.15) is 24.7 Å². The van der Waals surface area contributed by atoms with Gasteiger partial charge in [-0.2, -0.15) is 0 Å². The molecule has 0 aliphatic heterocycles. The molecule has 1 aromatic carbocycles. The molecule has 3 N–H and O–H groups in total. The summed E-state index contributed by atoms with van der Waals surface area (Å²) in [5.41, 5.74) is 0.0216. The summed E-state index contributed by atoms with van der Waals surface area (Å²) in [6, 6.07) is 4.17. The van der Waals surface area contributed by atoms with E-state index in [1.165, 1.54) is 18.2 Å². The molecule has 0 aliphatic carbocycles. The van der Waals surface area contributed by atoms with Crippen LogP contribution in [-0.4, -0.2) is 47.7 Å². The SMILES string of the molecule is O=C(O)c1cc(OCCO)cc(OCCO)c1. The minimum absolute atomic E-state index is 0.0216. The van der Waals surface area contributed by atoms with E-state index in [2.05, 4.69) is 0 Å². The minimum atomic E-state index is -1.10. The summed E-state index contributed by atoms with van der Waals surface area (Å²) in [5, 5.41) is 26.1. The first kappa shape index (κ1) is 13.3. The van der Waals surface area contributed by atoms with Gasteiger partial charge in [-0.3, -0.25) is 0 Å². The Morgan fingerprint density at radius 2 is 1.47 bits per heavy atom. The van der Waals surface area contributed by atoms with E-state index in [-0.39, 0.29) is 32.0 Å². The molecule has 1 aromatic rings. The van der Waals surface area contributed by atoms with Crippen molar-refractivity contribution in [1.29, 1.82) is 0 Å². The summed E-state index contributed by atoms with van der Waals surface area (Å²) in [7, 11) is 0. The van der Waals surface area contributed by atoms with Crippen LogP contribution in [0, 0.1) is 0 Å². The number of carboxylic acids is 1. The van der Waals surface area contributed by atoms with Crippen LogP contribution in [0.4, 0.5) is 0 Å². The quantitative estimate of drug-likeness (QED) is 0.628. The molecule has 0 saturated heterocycles. The highest BCUT2D eigenvalue weighted by molar-refractivity contribution is 5.88. The first-order valence-corrected chi connectivity index (χ1v) is 5.03. The fraction of sp³-hybridized carbons (Fsp3) is 0.364. The minimum Gasteiger partial charge on any atom is -0.491 e. The Morgan fingerprint density at radius 3 is 1.82 bits per heavy atom. The molecule has 0 atom stereocenters. The Bertz CT molecular complexity index is 350. The van der Waals surface area contributed by atoms with Gasteiger partial charge >= 0.3 is 5.97 Å². The highest BCUT2D eigenvalue weighted by Crippen LogP contribution is 2.23. The summed E-state index contributed by atoms with van der Waals surface area (Å²) >= 11 is 0. The van der Waals surface area contributed by atoms with Crippen LogP contribution in [-0.2, 0) is 0 Å². The van der Waals surface area contributed by atoms with Gasteiger partial charge in [0, 0.05) is 6.07 Å². The molecular formula is C11H14O6. The maximum absolute atomic E-state index is 10.8. The second-order valence-electron chi connectivity index (χ2n) is 3.14. The molecular weight excluding hydrogens is 228 g/mol. The molecule has 94 valence electrons. The van der Waals surface area contributed by atoms with Gasteiger partial charge in [-0.1, -0.05) is 0 Å². The molecule has 0 bridgehead atoms. The van der Waals surface area contributed by atoms with Crippen LogP contribution in [0.25, 0.3) is 0 Å². The fourth-order valence-corrected chi connectivity index (χ4v) is 1.19. The number of carbonyl (C=O) groups is 1. The normalized spacial score (nSPS) is 10.0. The second kappa shape index (κ2) is 6.72. The van der Waals surface area contributed by atoms with E-state index in [0.29, 0.717) is 11.5 Å². The molecule has 0 heterocycles. The Morgan fingerprint density at radius 1 is 1.00 bits per heavy atom. The summed E-state index contributed by atoms with van der Waals surface area (Å²) in [6.07, 6.45) is 0. The van der Waals surface area contributed by atoms with Crippen LogP contribution in [0.5, 0.6) is 11.5 Å². The third-order valence-corrected chi connectivity index (χ3v) is 1.85. The van der Waals surface area contributed by atoms with Gasteiger partial charge in [-0.15, -0.1) is 0 Å². The van der Waals surface area contributed by atoms with Gasteiger partial charge in [0.2, 0.25) is 0 Å². The fourth-order valence-electron chi connectivity index (χ4n) is 1.19. The average molecular weight is 242 g/mol. The van der Waals surface area contributed by atoms with Crippen molar-refractivity contribution < 1.29 is 29.6 Å². The molecule has 0 unspecified atom stereocenters. The predicted octanol–water partition coefficient (Wildman–Crippen LogP) is 0.127. The standard InChI is InChI=1S/C11H14O6/c12-1-3-16-9-5-8(11(14)15)6-10(7-9)17-4-2-13/h5-7,12-13H,1-4H2,(H,14,15). The number of carboxylic acid groups (broad SMARTS) is 1. The third-order valence-electron chi connectivity index (χ3n) is 1.85. The molecule has 17 heavy (non-hydrogen) atoms. The van der Waals surface area contributed by atoms with E-state index in [1.807, 2.05) is 0 Å². The average Bonchev–Trinajstić information content (AvgIpc) is 2.33. The lowest BCUT2D eigenvalue weighted by Crippen LogP contribution is -2.06. The summed E-state index contributed by atoms with van der Waals surface area (Å²) in [6.45, 7) is -0.181. The lowest BCUT2D eigenvalue weighted by molar-refractivity contribution is 0.0695. The predicted molar refractivity (Wildman–Crippen MR) is 58.6 cm³/mol. The number of rotatable bonds is 7. The van der Waals surface area contributed by atoms with E-state index in [1.54, 1.807) is 0 Å². The molecule has 0 aromatic heterocycles. The van der Waals surface area contributed by atoms with Gasteiger partial charge in [-0.25, -0.2) is 4.79 Å². The van der Waals surface area contributed by atoms with E-state index < -0.39 is 5.97 Å². The monoisotopic (exact) mass is 242 g/mol. The van der Waals surface area contributed by atoms with Crippen LogP contribution in [0.3, 0.4) is 0 Å². The van der Waals surface area contributed by atoms with Crippen LogP contribution >= 0.6 is 0 Å². The number of hydrogen-bond donors (Lipinski definition) is 3. The van der Waals surface area contributed by atoms with E-state index in [0.717, 1.165) is 0 Å². The lowest BCUT2D eigenvalue weighted by Gasteiger charge is -2.09. The van der Waals surface area contributed by atoms with Crippen molar-refractivity contribution in [3.63, 3.8) is 0 Å². The van der Waals surface area contributed by atoms with E-state index in [4.69, 9.17) is 24.8 Å². The van der Waals surface area contributed by atoms with Gasteiger partial charge in [-0.05, 0) is 12.1 Å². The van der Waals surface area contributed by atoms with Gasteiger partial charge in [0.05, 0.1) is 18.8 Å². The number of aliphatic hydroxyl groups excluding tert-OH is 2. The number of aliphatic hydroxyl groups is 2. The Kier molecular flexibility index (Phi) is 5.25. The molecule has 1 rings (SSSR count). The largest absolute Gasteiger partial charge is 0.491 e. The molecule has 0 aliphatic rings. The molecule has 0 fully saturated rings. The van der Waals surface area contributed by atoms with Crippen molar-refractivity contribution in [3.05, 3.63) is 23.8 Å². The van der Waals surface area contributed by atoms with E-state index >= 15 is 0 Å². The topological polar surface area (TPSA) is 96.2 Å². The zero-order valence-corrected chi connectivity index (χ0v) is 9.13. The van der Waals surface area contributed by atoms with Gasteiger partial charge < -0.3 is 24.8 Å². The first-order valence-electron chi connectivity index (χ1n) is 5.03. The third kappa shape index (κ3) is 4.29. The molecule has 0 saturated carbocycles. The van der Waals surface area contributed by atoms with Crippen LogP contribution in [0.2, 0.25) is 0 Å². The zero-order chi connectivity index (χ0) is 12.7. The van der Waals surface area contributed by atoms with Crippen molar-refractivity contribution in [3.8, 4) is 11.5 Å². The van der Waals surface area contributed by atoms with Crippen molar-refractivity contribution in [2.45, 2.75) is 0 Å². The van der Waals surface area contributed by atoms with Gasteiger partial charge in [0.25, 0.3) is 0 Å². The molecule has 0 amide bonds. The maximum atomic E-state index is 10.8. The van der Waals surface area contributed by atoms with Crippen LogP contribution in [0.1, 0.15) is 10.4 Å². The number of hydrogen-bond acceptors (Lipinski definition) is 5. The molecule has 6 nitrogen and oxygen atoms in total. The maximum Gasteiger partial charge on any atom is 0.335 e. The highest BCUT2D eigenvalue weighted by Gasteiger charge is 2.08. The van der Waals surface area contributed by atoms with Gasteiger partial charge in [0.15, 0.2) is 0 Å². The smallest absolute Gasteiger partial charge is 0.335 e. The Labute approximate surface area is 98.0 Å². The van der Waals surface area contributed by atoms with Crippen molar-refractivity contribution >= 4 is 5.97 Å². The summed E-state index contributed by atoms with van der Waals surface area (Å²) in [4.78, 5) is 10.8. The van der Waals surface area contributed by atoms with Crippen LogP contribution in [0.15, 0.2) is 18.2 Å². The number of ether oxygens (including phenoxy) is 2. The first-order chi connectivity index (χ1) is 8.17. The Hall–Kier alpha value is -1.79. The van der Waals surface area contributed by atoms with Crippen molar-refractivity contribution in [1.82, 2.24) is 0 Å². The Balaban J connectivity index is 2.88. The van der Waals surface area contributed by atoms with Crippen molar-refractivity contribution in [2.75, 3.05) is 26.4 Å².